The maximum Gasteiger partial charge on any atom is 0.240 e. The van der Waals surface area contributed by atoms with Crippen molar-refractivity contribution >= 4 is 34.0 Å². The molecule has 3 aromatic carbocycles. The van der Waals surface area contributed by atoms with Gasteiger partial charge in [0.05, 0.1) is 60.2 Å². The van der Waals surface area contributed by atoms with Gasteiger partial charge in [-0.15, -0.1) is 0 Å². The van der Waals surface area contributed by atoms with Gasteiger partial charge in [-0.25, -0.2) is 4.90 Å². The van der Waals surface area contributed by atoms with Gasteiger partial charge in [-0.1, -0.05) is 30.3 Å². The fourth-order valence-electron chi connectivity index (χ4n) is 7.36. The van der Waals surface area contributed by atoms with E-state index in [4.69, 9.17) is 14.2 Å². The van der Waals surface area contributed by atoms with Gasteiger partial charge in [0.2, 0.25) is 11.8 Å². The summed E-state index contributed by atoms with van der Waals surface area (Å²) >= 11 is 0. The van der Waals surface area contributed by atoms with Crippen molar-refractivity contribution in [2.75, 3.05) is 42.7 Å². The minimum absolute atomic E-state index is 0.215. The molecule has 8 heteroatoms. The maximum absolute atomic E-state index is 14.1. The lowest BCUT2D eigenvalue weighted by Gasteiger charge is -2.31. The molecule has 0 N–H and O–H groups in total. The summed E-state index contributed by atoms with van der Waals surface area (Å²) in [6.45, 7) is 5.49. The van der Waals surface area contributed by atoms with Crippen LogP contribution in [0.2, 0.25) is 0 Å². The van der Waals surface area contributed by atoms with Crippen molar-refractivity contribution in [2.24, 2.45) is 11.8 Å². The summed E-state index contributed by atoms with van der Waals surface area (Å²) in [6.07, 6.45) is 1.96. The fraction of sp³-hybridized carbons (Fsp3) is 0.406. The normalized spacial score (nSPS) is 29.2. The van der Waals surface area contributed by atoms with Crippen LogP contribution in [0.4, 0.5) is 11.4 Å². The first-order chi connectivity index (χ1) is 19.4. The van der Waals surface area contributed by atoms with Crippen LogP contribution in [0.1, 0.15) is 31.7 Å². The number of benzene rings is 3. The van der Waals surface area contributed by atoms with E-state index in [1.165, 1.54) is 4.90 Å². The van der Waals surface area contributed by atoms with Crippen LogP contribution >= 0.6 is 0 Å². The Bertz CT molecular complexity index is 1560. The Kier molecular flexibility index (Phi) is 5.84. The van der Waals surface area contributed by atoms with Crippen LogP contribution in [0.3, 0.4) is 0 Å². The molecule has 0 radical (unpaired) electrons. The minimum Gasteiger partial charge on any atom is -0.493 e. The standard InChI is InChI=1S/C32H31N3O5/c1-31-11-12-32(40-31,13-16-39-23-6-4-5-22(19-23)34-14-17-38-18-15-34)28-27(31)29(36)35(30(28)37)26-10-9-21(20-33)24-7-2-3-8-25(24)26/h2-10,19,27-28H,11-18H2,1H3/t27-,28+,31-,32-/m1/s1. The number of anilines is 2. The molecule has 0 spiro atoms. The predicted molar refractivity (Wildman–Crippen MR) is 149 cm³/mol. The van der Waals surface area contributed by atoms with Gasteiger partial charge in [0, 0.05) is 42.0 Å². The predicted octanol–water partition coefficient (Wildman–Crippen LogP) is 4.44. The molecule has 4 aliphatic heterocycles. The molecule has 0 aromatic heterocycles. The van der Waals surface area contributed by atoms with Crippen LogP contribution in [-0.2, 0) is 19.1 Å². The Morgan fingerprint density at radius 1 is 0.975 bits per heavy atom. The van der Waals surface area contributed by atoms with Crippen LogP contribution in [-0.4, -0.2) is 55.9 Å². The first kappa shape index (κ1) is 25.1. The second-order valence-corrected chi connectivity index (χ2v) is 11.4. The van der Waals surface area contributed by atoms with Gasteiger partial charge < -0.3 is 19.1 Å². The van der Waals surface area contributed by atoms with E-state index in [1.54, 1.807) is 12.1 Å². The van der Waals surface area contributed by atoms with Crippen molar-refractivity contribution in [1.82, 2.24) is 0 Å². The largest absolute Gasteiger partial charge is 0.493 e. The molecule has 7 rings (SSSR count). The number of ether oxygens (including phenoxy) is 3. The first-order valence-corrected chi connectivity index (χ1v) is 14.0. The third kappa shape index (κ3) is 3.72. The monoisotopic (exact) mass is 537 g/mol. The Balaban J connectivity index is 1.14. The van der Waals surface area contributed by atoms with E-state index in [2.05, 4.69) is 17.0 Å². The lowest BCUT2D eigenvalue weighted by molar-refractivity contribution is -0.131. The zero-order valence-electron chi connectivity index (χ0n) is 22.5. The highest BCUT2D eigenvalue weighted by molar-refractivity contribution is 6.26. The fourth-order valence-corrected chi connectivity index (χ4v) is 7.36. The van der Waals surface area contributed by atoms with E-state index < -0.39 is 23.0 Å². The second-order valence-electron chi connectivity index (χ2n) is 11.4. The van der Waals surface area contributed by atoms with Crippen LogP contribution in [0.15, 0.2) is 60.7 Å². The number of hydrogen-bond acceptors (Lipinski definition) is 7. The molecule has 4 aliphatic rings. The van der Waals surface area contributed by atoms with Crippen molar-refractivity contribution in [3.63, 3.8) is 0 Å². The molecule has 4 saturated heterocycles. The molecule has 2 amide bonds. The molecule has 0 aliphatic carbocycles. The first-order valence-electron chi connectivity index (χ1n) is 14.0. The van der Waals surface area contributed by atoms with Gasteiger partial charge in [-0.2, -0.15) is 5.26 Å². The summed E-state index contributed by atoms with van der Waals surface area (Å²) < 4.78 is 18.3. The molecular formula is C32H31N3O5. The topological polar surface area (TPSA) is 92.1 Å². The van der Waals surface area contributed by atoms with Gasteiger partial charge in [0.1, 0.15) is 5.75 Å². The highest BCUT2D eigenvalue weighted by atomic mass is 16.5. The Morgan fingerprint density at radius 2 is 1.75 bits per heavy atom. The van der Waals surface area contributed by atoms with Crippen LogP contribution in [0.25, 0.3) is 10.8 Å². The highest BCUT2D eigenvalue weighted by Gasteiger charge is 2.73. The van der Waals surface area contributed by atoms with E-state index >= 15 is 0 Å². The van der Waals surface area contributed by atoms with E-state index in [0.717, 1.165) is 41.7 Å². The molecule has 2 bridgehead atoms. The van der Waals surface area contributed by atoms with E-state index in [1.807, 2.05) is 49.4 Å². The van der Waals surface area contributed by atoms with Gasteiger partial charge >= 0.3 is 0 Å². The second kappa shape index (κ2) is 9.33. The highest BCUT2D eigenvalue weighted by Crippen LogP contribution is 2.62. The zero-order valence-corrected chi connectivity index (χ0v) is 22.5. The van der Waals surface area contributed by atoms with Crippen LogP contribution in [0, 0.1) is 23.2 Å². The average molecular weight is 538 g/mol. The average Bonchev–Trinajstić information content (AvgIpc) is 3.57. The Labute approximate surface area is 233 Å². The number of hydrogen-bond donors (Lipinski definition) is 0. The summed E-state index contributed by atoms with van der Waals surface area (Å²) in [7, 11) is 0. The SMILES string of the molecule is C[C@]12CC[C@](CCOc3cccc(N4CCOCC4)c3)(O1)[C@@H]1C(=O)N(c3ccc(C#N)c4ccccc34)C(=O)[C@@H]12. The van der Waals surface area contributed by atoms with E-state index in [0.29, 0.717) is 43.9 Å². The number of nitrogens with zero attached hydrogens (tertiary/aromatic N) is 3. The molecule has 4 atom stereocenters. The van der Waals surface area contributed by atoms with Crippen molar-refractivity contribution in [2.45, 2.75) is 37.4 Å². The van der Waals surface area contributed by atoms with Crippen LogP contribution < -0.4 is 14.5 Å². The molecule has 8 nitrogen and oxygen atoms in total. The molecule has 0 unspecified atom stereocenters. The molecule has 4 fully saturated rings. The number of imide groups is 1. The van der Waals surface area contributed by atoms with Crippen molar-refractivity contribution in [1.29, 1.82) is 5.26 Å². The minimum atomic E-state index is -0.745. The number of nitriles is 1. The molecule has 40 heavy (non-hydrogen) atoms. The lowest BCUT2D eigenvalue weighted by Crippen LogP contribution is -2.43. The van der Waals surface area contributed by atoms with Crippen molar-refractivity contribution in [3.8, 4) is 11.8 Å². The number of carbonyl (C=O) groups is 2. The zero-order chi connectivity index (χ0) is 27.5. The number of fused-ring (bicyclic) bond motifs is 6. The van der Waals surface area contributed by atoms with Crippen LogP contribution in [0.5, 0.6) is 5.75 Å². The third-order valence-electron chi connectivity index (χ3n) is 9.26. The van der Waals surface area contributed by atoms with E-state index in [-0.39, 0.29) is 11.8 Å². The smallest absolute Gasteiger partial charge is 0.240 e. The van der Waals surface area contributed by atoms with Gasteiger partial charge in [0.25, 0.3) is 0 Å². The number of amides is 2. The van der Waals surface area contributed by atoms with Gasteiger partial charge in [-0.3, -0.25) is 9.59 Å². The Morgan fingerprint density at radius 3 is 2.55 bits per heavy atom. The molecular weight excluding hydrogens is 506 g/mol. The number of rotatable bonds is 6. The summed E-state index contributed by atoms with van der Waals surface area (Å²) in [5.74, 6) is -0.755. The summed E-state index contributed by atoms with van der Waals surface area (Å²) in [5.41, 5.74) is 0.718. The van der Waals surface area contributed by atoms with Crippen molar-refractivity contribution < 1.29 is 23.8 Å². The lowest BCUT2D eigenvalue weighted by atomic mass is 9.67. The molecule has 0 saturated carbocycles. The maximum atomic E-state index is 14.1. The molecule has 204 valence electrons. The Hall–Kier alpha value is -3.93. The quantitative estimate of drug-likeness (QED) is 0.429. The summed E-state index contributed by atoms with van der Waals surface area (Å²) in [6, 6.07) is 21.1. The van der Waals surface area contributed by atoms with E-state index in [9.17, 15) is 14.9 Å². The molecule has 4 heterocycles. The number of morpholine rings is 1. The molecule has 3 aromatic rings. The van der Waals surface area contributed by atoms with Gasteiger partial charge in [-0.05, 0) is 44.0 Å². The summed E-state index contributed by atoms with van der Waals surface area (Å²) in [5, 5.41) is 11.0. The third-order valence-corrected chi connectivity index (χ3v) is 9.26. The summed E-state index contributed by atoms with van der Waals surface area (Å²) in [4.78, 5) is 31.7. The van der Waals surface area contributed by atoms with Gasteiger partial charge in [0.15, 0.2) is 0 Å². The van der Waals surface area contributed by atoms with Crippen molar-refractivity contribution in [3.05, 3.63) is 66.2 Å². The number of carbonyl (C=O) groups excluding carboxylic acids is 2.